The molecular formula is C16H21NO2. The highest BCUT2D eigenvalue weighted by Gasteiger charge is 2.36. The molecule has 1 aromatic carbocycles. The number of aliphatic hydroxyl groups is 1. The van der Waals surface area contributed by atoms with Crippen LogP contribution in [0.4, 0.5) is 5.69 Å². The number of nitrogens with zero attached hydrogens (tertiary/aromatic N) is 1. The fourth-order valence-electron chi connectivity index (χ4n) is 3.49. The first-order valence-corrected chi connectivity index (χ1v) is 7.20. The second-order valence-corrected chi connectivity index (χ2v) is 5.99. The molecule has 1 saturated carbocycles. The van der Waals surface area contributed by atoms with Gasteiger partial charge in [0.05, 0.1) is 12.0 Å². The van der Waals surface area contributed by atoms with Gasteiger partial charge in [-0.05, 0) is 37.3 Å². The van der Waals surface area contributed by atoms with Crippen molar-refractivity contribution >= 4 is 11.6 Å². The van der Waals surface area contributed by atoms with Crippen LogP contribution in [0.15, 0.2) is 18.2 Å². The molecule has 0 spiro atoms. The first kappa shape index (κ1) is 12.7. The molecule has 0 bridgehead atoms. The Morgan fingerprint density at radius 2 is 2.11 bits per heavy atom. The zero-order chi connectivity index (χ0) is 13.5. The van der Waals surface area contributed by atoms with E-state index in [1.165, 1.54) is 5.56 Å². The van der Waals surface area contributed by atoms with Crippen molar-refractivity contribution in [1.29, 1.82) is 0 Å². The van der Waals surface area contributed by atoms with Crippen LogP contribution < -0.4 is 4.90 Å². The summed E-state index contributed by atoms with van der Waals surface area (Å²) in [5.41, 5.74) is 2.74. The second kappa shape index (κ2) is 4.64. The molecule has 102 valence electrons. The summed E-state index contributed by atoms with van der Waals surface area (Å²) in [6.45, 7) is 2.81. The summed E-state index contributed by atoms with van der Waals surface area (Å²) < 4.78 is 0. The number of amides is 1. The Bertz CT molecular complexity index is 503. The minimum absolute atomic E-state index is 0.0810. The molecule has 1 amide bonds. The Hall–Kier alpha value is -1.35. The summed E-state index contributed by atoms with van der Waals surface area (Å²) in [6, 6.07) is 6.20. The van der Waals surface area contributed by atoms with Crippen LogP contribution in [0.2, 0.25) is 0 Å². The van der Waals surface area contributed by atoms with Crippen molar-refractivity contribution in [3.8, 4) is 0 Å². The monoisotopic (exact) mass is 259 g/mol. The molecule has 0 unspecified atom stereocenters. The summed E-state index contributed by atoms with van der Waals surface area (Å²) >= 11 is 0. The topological polar surface area (TPSA) is 40.5 Å². The lowest BCUT2D eigenvalue weighted by Gasteiger charge is -2.26. The van der Waals surface area contributed by atoms with Crippen LogP contribution in [-0.2, 0) is 11.2 Å². The Labute approximate surface area is 114 Å². The number of rotatable bonds is 2. The van der Waals surface area contributed by atoms with Gasteiger partial charge in [-0.25, -0.2) is 0 Å². The molecule has 0 saturated heterocycles. The van der Waals surface area contributed by atoms with Crippen LogP contribution >= 0.6 is 0 Å². The van der Waals surface area contributed by atoms with Gasteiger partial charge in [0.25, 0.3) is 0 Å². The Kier molecular flexibility index (Phi) is 3.09. The zero-order valence-corrected chi connectivity index (χ0v) is 11.5. The molecule has 19 heavy (non-hydrogen) atoms. The summed E-state index contributed by atoms with van der Waals surface area (Å²) in [5.74, 6) is 0.0810. The van der Waals surface area contributed by atoms with Gasteiger partial charge in [0.2, 0.25) is 5.91 Å². The maximum absolute atomic E-state index is 12.5. The number of carbonyl (C=O) groups is 1. The van der Waals surface area contributed by atoms with Crippen LogP contribution in [0.1, 0.15) is 43.2 Å². The predicted octanol–water partition coefficient (Wildman–Crippen LogP) is 2.58. The molecule has 0 atom stereocenters. The van der Waals surface area contributed by atoms with E-state index in [9.17, 15) is 9.90 Å². The standard InChI is InChI=1S/C16H21NO2/c1-12-5-4-6-13-7-10-17(15(12)13)14(18)11-16(19)8-2-3-9-16/h4-6,19H,2-3,7-11H2,1H3. The van der Waals surface area contributed by atoms with Crippen LogP contribution in [0, 0.1) is 6.92 Å². The highest BCUT2D eigenvalue weighted by Crippen LogP contribution is 2.36. The smallest absolute Gasteiger partial charge is 0.229 e. The van der Waals surface area contributed by atoms with E-state index in [1.54, 1.807) is 0 Å². The van der Waals surface area contributed by atoms with E-state index in [4.69, 9.17) is 0 Å². The molecule has 3 heteroatoms. The quantitative estimate of drug-likeness (QED) is 0.886. The van der Waals surface area contributed by atoms with Crippen LogP contribution in [0.5, 0.6) is 0 Å². The lowest BCUT2D eigenvalue weighted by atomic mass is 9.97. The minimum Gasteiger partial charge on any atom is -0.389 e. The van der Waals surface area contributed by atoms with E-state index >= 15 is 0 Å². The van der Waals surface area contributed by atoms with Crippen molar-refractivity contribution < 1.29 is 9.90 Å². The maximum Gasteiger partial charge on any atom is 0.229 e. The first-order chi connectivity index (χ1) is 9.09. The second-order valence-electron chi connectivity index (χ2n) is 5.99. The minimum atomic E-state index is -0.747. The van der Waals surface area contributed by atoms with Gasteiger partial charge in [0, 0.05) is 12.2 Å². The number of aryl methyl sites for hydroxylation is 1. The van der Waals surface area contributed by atoms with E-state index in [0.717, 1.165) is 49.9 Å². The fourth-order valence-corrected chi connectivity index (χ4v) is 3.49. The molecule has 0 aromatic heterocycles. The summed E-state index contributed by atoms with van der Waals surface area (Å²) in [6.07, 6.45) is 4.83. The zero-order valence-electron chi connectivity index (χ0n) is 11.5. The maximum atomic E-state index is 12.5. The van der Waals surface area contributed by atoms with Crippen LogP contribution in [0.25, 0.3) is 0 Å². The average Bonchev–Trinajstić information content (AvgIpc) is 2.96. The number of benzene rings is 1. The predicted molar refractivity (Wildman–Crippen MR) is 75.3 cm³/mol. The number of anilines is 1. The summed E-state index contributed by atoms with van der Waals surface area (Å²) in [4.78, 5) is 14.4. The Morgan fingerprint density at radius 1 is 1.37 bits per heavy atom. The molecule has 3 nitrogen and oxygen atoms in total. The van der Waals surface area contributed by atoms with Gasteiger partial charge in [0.15, 0.2) is 0 Å². The third kappa shape index (κ3) is 2.27. The van der Waals surface area contributed by atoms with Crippen molar-refractivity contribution in [3.05, 3.63) is 29.3 Å². The lowest BCUT2D eigenvalue weighted by molar-refractivity contribution is -0.123. The van der Waals surface area contributed by atoms with Gasteiger partial charge >= 0.3 is 0 Å². The summed E-state index contributed by atoms with van der Waals surface area (Å²) in [7, 11) is 0. The van der Waals surface area contributed by atoms with Crippen molar-refractivity contribution in [2.24, 2.45) is 0 Å². The first-order valence-electron chi connectivity index (χ1n) is 7.20. The third-order valence-electron chi connectivity index (χ3n) is 4.51. The highest BCUT2D eigenvalue weighted by molar-refractivity contribution is 5.96. The van der Waals surface area contributed by atoms with Crippen molar-refractivity contribution in [3.63, 3.8) is 0 Å². The molecule has 1 aromatic rings. The molecule has 0 radical (unpaired) electrons. The van der Waals surface area contributed by atoms with Crippen LogP contribution in [0.3, 0.4) is 0 Å². The molecule has 1 heterocycles. The average molecular weight is 259 g/mol. The summed E-state index contributed by atoms with van der Waals surface area (Å²) in [5, 5.41) is 10.4. The highest BCUT2D eigenvalue weighted by atomic mass is 16.3. The molecular weight excluding hydrogens is 238 g/mol. The number of hydrogen-bond acceptors (Lipinski definition) is 2. The molecule has 1 N–H and O–H groups in total. The molecule has 1 fully saturated rings. The number of fused-ring (bicyclic) bond motifs is 1. The van der Waals surface area contributed by atoms with Crippen LogP contribution in [-0.4, -0.2) is 23.2 Å². The van der Waals surface area contributed by atoms with Gasteiger partial charge in [-0.15, -0.1) is 0 Å². The van der Waals surface area contributed by atoms with E-state index in [0.29, 0.717) is 0 Å². The molecule has 2 aliphatic rings. The fraction of sp³-hybridized carbons (Fsp3) is 0.562. The largest absolute Gasteiger partial charge is 0.389 e. The number of hydrogen-bond donors (Lipinski definition) is 1. The van der Waals surface area contributed by atoms with Crippen molar-refractivity contribution in [2.75, 3.05) is 11.4 Å². The van der Waals surface area contributed by atoms with E-state index in [1.807, 2.05) is 11.0 Å². The van der Waals surface area contributed by atoms with Gasteiger partial charge in [0.1, 0.15) is 0 Å². The van der Waals surface area contributed by atoms with Crippen molar-refractivity contribution in [1.82, 2.24) is 0 Å². The normalized spacial score (nSPS) is 20.6. The molecule has 1 aliphatic heterocycles. The van der Waals surface area contributed by atoms with E-state index in [-0.39, 0.29) is 12.3 Å². The van der Waals surface area contributed by atoms with Gasteiger partial charge in [-0.1, -0.05) is 31.0 Å². The SMILES string of the molecule is Cc1cccc2c1N(C(=O)CC1(O)CCCC1)CC2. The van der Waals surface area contributed by atoms with Gasteiger partial charge in [-0.3, -0.25) is 4.79 Å². The van der Waals surface area contributed by atoms with Crippen molar-refractivity contribution in [2.45, 2.75) is 51.0 Å². The third-order valence-corrected chi connectivity index (χ3v) is 4.51. The molecule has 3 rings (SSSR count). The van der Waals surface area contributed by atoms with Gasteiger partial charge in [-0.2, -0.15) is 0 Å². The number of carbonyl (C=O) groups excluding carboxylic acids is 1. The molecule has 1 aliphatic carbocycles. The van der Waals surface area contributed by atoms with E-state index in [2.05, 4.69) is 19.1 Å². The lowest BCUT2D eigenvalue weighted by Crippen LogP contribution is -2.37. The Morgan fingerprint density at radius 3 is 2.84 bits per heavy atom. The number of para-hydroxylation sites is 1. The van der Waals surface area contributed by atoms with E-state index < -0.39 is 5.60 Å². The Balaban J connectivity index is 1.80. The van der Waals surface area contributed by atoms with Gasteiger partial charge < -0.3 is 10.0 Å².